The van der Waals surface area contributed by atoms with Gasteiger partial charge < -0.3 is 0 Å². The molecule has 0 spiro atoms. The average Bonchev–Trinajstić information content (AvgIpc) is 2.85. The van der Waals surface area contributed by atoms with Crippen LogP contribution in [-0.2, 0) is 0 Å². The standard InChI is InChI=1S/C12H9N5/c1-2-4-9(5-3-1)13-14-10-6-7-11-12(8-10)16-17-15-11/h1-8H,(H,15,16,17). The quantitative estimate of drug-likeness (QED) is 0.677. The fourth-order valence-corrected chi connectivity index (χ4v) is 1.50. The molecule has 0 aliphatic heterocycles. The SMILES string of the molecule is c1ccc(N=Nc2ccc3n[nH]nc3c2)cc1. The third kappa shape index (κ3) is 2.03. The number of fused-ring (bicyclic) bond motifs is 1. The van der Waals surface area contributed by atoms with Crippen molar-refractivity contribution in [1.29, 1.82) is 0 Å². The second-order valence-electron chi connectivity index (χ2n) is 3.53. The van der Waals surface area contributed by atoms with E-state index >= 15 is 0 Å². The van der Waals surface area contributed by atoms with E-state index in [1.165, 1.54) is 0 Å². The van der Waals surface area contributed by atoms with Crippen LogP contribution in [0.4, 0.5) is 11.4 Å². The van der Waals surface area contributed by atoms with E-state index in [9.17, 15) is 0 Å². The number of azo groups is 1. The fourth-order valence-electron chi connectivity index (χ4n) is 1.50. The van der Waals surface area contributed by atoms with Gasteiger partial charge in [-0.25, -0.2) is 0 Å². The van der Waals surface area contributed by atoms with Crippen LogP contribution >= 0.6 is 0 Å². The van der Waals surface area contributed by atoms with E-state index in [1.807, 2.05) is 48.5 Å². The summed E-state index contributed by atoms with van der Waals surface area (Å²) in [6.07, 6.45) is 0. The van der Waals surface area contributed by atoms with E-state index in [-0.39, 0.29) is 0 Å². The number of aromatic nitrogens is 3. The molecule has 0 aliphatic rings. The van der Waals surface area contributed by atoms with Gasteiger partial charge in [0.15, 0.2) is 0 Å². The van der Waals surface area contributed by atoms with E-state index < -0.39 is 0 Å². The van der Waals surface area contributed by atoms with Crippen LogP contribution in [0, 0.1) is 0 Å². The smallest absolute Gasteiger partial charge is 0.115 e. The molecule has 17 heavy (non-hydrogen) atoms. The summed E-state index contributed by atoms with van der Waals surface area (Å²) >= 11 is 0. The lowest BCUT2D eigenvalue weighted by Gasteiger charge is -1.92. The second-order valence-corrected chi connectivity index (χ2v) is 3.53. The van der Waals surface area contributed by atoms with Gasteiger partial charge in [0.05, 0.1) is 11.4 Å². The van der Waals surface area contributed by atoms with Crippen molar-refractivity contribution in [2.75, 3.05) is 0 Å². The Kier molecular flexibility index (Phi) is 2.34. The van der Waals surface area contributed by atoms with Crippen molar-refractivity contribution < 1.29 is 0 Å². The summed E-state index contributed by atoms with van der Waals surface area (Å²) in [4.78, 5) is 0. The molecule has 0 amide bonds. The molecular weight excluding hydrogens is 214 g/mol. The Morgan fingerprint density at radius 1 is 0.765 bits per heavy atom. The highest BCUT2D eigenvalue weighted by Crippen LogP contribution is 2.20. The van der Waals surface area contributed by atoms with E-state index in [0.717, 1.165) is 22.4 Å². The number of nitrogens with one attached hydrogen (secondary N) is 1. The van der Waals surface area contributed by atoms with Crippen LogP contribution in [-0.4, -0.2) is 15.4 Å². The highest BCUT2D eigenvalue weighted by Gasteiger charge is 1.98. The van der Waals surface area contributed by atoms with Gasteiger partial charge in [0.25, 0.3) is 0 Å². The summed E-state index contributed by atoms with van der Waals surface area (Å²) < 4.78 is 0. The molecule has 82 valence electrons. The lowest BCUT2D eigenvalue weighted by molar-refractivity contribution is 0.959. The minimum atomic E-state index is 0.759. The first kappa shape index (κ1) is 9.65. The van der Waals surface area contributed by atoms with Gasteiger partial charge in [0.1, 0.15) is 11.0 Å². The summed E-state index contributed by atoms with van der Waals surface area (Å²) in [5, 5.41) is 18.8. The molecule has 3 rings (SSSR count). The highest BCUT2D eigenvalue weighted by atomic mass is 15.3. The van der Waals surface area contributed by atoms with Crippen LogP contribution < -0.4 is 0 Å². The topological polar surface area (TPSA) is 66.3 Å². The summed E-state index contributed by atoms with van der Waals surface area (Å²) in [5.74, 6) is 0. The largest absolute Gasteiger partial charge is 0.197 e. The second kappa shape index (κ2) is 4.13. The molecule has 0 saturated heterocycles. The first-order valence-corrected chi connectivity index (χ1v) is 5.19. The zero-order valence-corrected chi connectivity index (χ0v) is 8.91. The highest BCUT2D eigenvalue weighted by molar-refractivity contribution is 5.76. The van der Waals surface area contributed by atoms with Crippen molar-refractivity contribution in [3.05, 3.63) is 48.5 Å². The van der Waals surface area contributed by atoms with Crippen LogP contribution in [0.1, 0.15) is 0 Å². The van der Waals surface area contributed by atoms with E-state index in [4.69, 9.17) is 0 Å². The number of aromatic amines is 1. The molecule has 3 aromatic rings. The molecule has 1 heterocycles. The Morgan fingerprint density at radius 2 is 1.53 bits per heavy atom. The first-order valence-electron chi connectivity index (χ1n) is 5.19. The summed E-state index contributed by atoms with van der Waals surface area (Å²) in [6.45, 7) is 0. The molecule has 0 fully saturated rings. The molecule has 0 atom stereocenters. The lowest BCUT2D eigenvalue weighted by atomic mass is 10.3. The van der Waals surface area contributed by atoms with Crippen molar-refractivity contribution in [1.82, 2.24) is 15.4 Å². The first-order chi connectivity index (χ1) is 8.42. The molecule has 1 aromatic heterocycles. The molecule has 1 N–H and O–H groups in total. The van der Waals surface area contributed by atoms with Gasteiger partial charge in [0.2, 0.25) is 0 Å². The number of H-pyrrole nitrogens is 1. The van der Waals surface area contributed by atoms with Crippen LogP contribution in [0.2, 0.25) is 0 Å². The molecule has 2 aromatic carbocycles. The van der Waals surface area contributed by atoms with E-state index in [0.29, 0.717) is 0 Å². The molecule has 0 radical (unpaired) electrons. The third-order valence-electron chi connectivity index (χ3n) is 2.34. The van der Waals surface area contributed by atoms with Crippen molar-refractivity contribution >= 4 is 22.4 Å². The van der Waals surface area contributed by atoms with Gasteiger partial charge in [-0.2, -0.15) is 25.6 Å². The molecule has 0 bridgehead atoms. The lowest BCUT2D eigenvalue weighted by Crippen LogP contribution is -1.68. The fraction of sp³-hybridized carbons (Fsp3) is 0. The Labute approximate surface area is 97.2 Å². The molecular formula is C12H9N5. The van der Waals surface area contributed by atoms with Gasteiger partial charge in [-0.05, 0) is 30.3 Å². The summed E-state index contributed by atoms with van der Waals surface area (Å²) in [7, 11) is 0. The average molecular weight is 223 g/mol. The third-order valence-corrected chi connectivity index (χ3v) is 2.34. The maximum Gasteiger partial charge on any atom is 0.115 e. The zero-order valence-electron chi connectivity index (χ0n) is 8.91. The summed E-state index contributed by atoms with van der Waals surface area (Å²) in [6, 6.07) is 15.2. The number of benzene rings is 2. The monoisotopic (exact) mass is 223 g/mol. The van der Waals surface area contributed by atoms with Gasteiger partial charge in [-0.1, -0.05) is 18.2 Å². The van der Waals surface area contributed by atoms with Crippen molar-refractivity contribution in [3.63, 3.8) is 0 Å². The summed E-state index contributed by atoms with van der Waals surface area (Å²) in [5.41, 5.74) is 3.20. The minimum absolute atomic E-state index is 0.759. The van der Waals surface area contributed by atoms with Crippen LogP contribution in [0.15, 0.2) is 58.8 Å². The van der Waals surface area contributed by atoms with Crippen LogP contribution in [0.25, 0.3) is 11.0 Å². The number of rotatable bonds is 2. The minimum Gasteiger partial charge on any atom is -0.197 e. The Morgan fingerprint density at radius 3 is 2.41 bits per heavy atom. The van der Waals surface area contributed by atoms with Crippen molar-refractivity contribution in [2.24, 2.45) is 10.2 Å². The molecule has 5 heteroatoms. The zero-order chi connectivity index (χ0) is 11.5. The van der Waals surface area contributed by atoms with Gasteiger partial charge in [-0.15, -0.1) is 0 Å². The van der Waals surface area contributed by atoms with Gasteiger partial charge in [0, 0.05) is 0 Å². The van der Waals surface area contributed by atoms with Crippen molar-refractivity contribution in [2.45, 2.75) is 0 Å². The predicted octanol–water partition coefficient (Wildman–Crippen LogP) is 3.37. The Balaban J connectivity index is 1.92. The Bertz CT molecular complexity index is 657. The molecule has 0 unspecified atom stereocenters. The van der Waals surface area contributed by atoms with Crippen LogP contribution in [0.3, 0.4) is 0 Å². The molecule has 0 saturated carbocycles. The van der Waals surface area contributed by atoms with Gasteiger partial charge >= 0.3 is 0 Å². The predicted molar refractivity (Wildman–Crippen MR) is 64.5 cm³/mol. The maximum absolute atomic E-state index is 4.15. The number of hydrogen-bond acceptors (Lipinski definition) is 4. The maximum atomic E-state index is 4.15. The van der Waals surface area contributed by atoms with Crippen LogP contribution in [0.5, 0.6) is 0 Å². The van der Waals surface area contributed by atoms with E-state index in [1.54, 1.807) is 0 Å². The van der Waals surface area contributed by atoms with Crippen molar-refractivity contribution in [3.8, 4) is 0 Å². The van der Waals surface area contributed by atoms with E-state index in [2.05, 4.69) is 25.6 Å². The molecule has 0 aliphatic carbocycles. The van der Waals surface area contributed by atoms with Gasteiger partial charge in [-0.3, -0.25) is 0 Å². The number of nitrogens with zero attached hydrogens (tertiary/aromatic N) is 4. The Hall–Kier alpha value is -2.56. The molecule has 5 nitrogen and oxygen atoms in total. The normalized spacial score (nSPS) is 11.3. The number of hydrogen-bond donors (Lipinski definition) is 1.